The number of nitrogens with two attached hydrogens (primary N) is 1. The van der Waals surface area contributed by atoms with Crippen molar-refractivity contribution in [3.8, 4) is 0 Å². The van der Waals surface area contributed by atoms with Gasteiger partial charge in [0.1, 0.15) is 0 Å². The van der Waals surface area contributed by atoms with Crippen LogP contribution in [0, 0.1) is 0 Å². The van der Waals surface area contributed by atoms with Gasteiger partial charge in [-0.3, -0.25) is 9.78 Å². The lowest BCUT2D eigenvalue weighted by molar-refractivity contribution is 0.112. The molecule has 2 rings (SSSR count). The molecule has 1 aliphatic rings. The molecule has 1 aliphatic heterocycles. The number of carbonyl (C=O) groups excluding carboxylic acids is 1. The van der Waals surface area contributed by atoms with E-state index in [1.807, 2.05) is 6.20 Å². The molecule has 0 amide bonds. The number of aldehydes is 1. The summed E-state index contributed by atoms with van der Waals surface area (Å²) in [7, 11) is 0. The molecule has 3 N–H and O–H groups in total. The molecular weight excluding hydrogens is 238 g/mol. The second-order valence-corrected chi connectivity index (χ2v) is 3.86. The van der Waals surface area contributed by atoms with E-state index in [2.05, 4.69) is 10.3 Å². The van der Waals surface area contributed by atoms with Crippen LogP contribution in [0.3, 0.4) is 0 Å². The van der Waals surface area contributed by atoms with E-state index >= 15 is 0 Å². The number of nitrogens with zero attached hydrogens (tertiary/aromatic N) is 1. The lowest BCUT2D eigenvalue weighted by atomic mass is 10.0. The summed E-state index contributed by atoms with van der Waals surface area (Å²) in [5.74, 6) is 0. The fourth-order valence-electron chi connectivity index (χ4n) is 1.86. The minimum absolute atomic E-state index is 0. The molecule has 1 aromatic rings. The third-order valence-electron chi connectivity index (χ3n) is 2.74. The van der Waals surface area contributed by atoms with Gasteiger partial charge in [0.15, 0.2) is 6.29 Å². The van der Waals surface area contributed by atoms with Gasteiger partial charge >= 0.3 is 0 Å². The zero-order valence-corrected chi connectivity index (χ0v) is 10.3. The number of pyridine rings is 1. The van der Waals surface area contributed by atoms with Crippen LogP contribution < -0.4 is 11.1 Å². The summed E-state index contributed by atoms with van der Waals surface area (Å²) >= 11 is 0. The Kier molecular flexibility index (Phi) is 4.97. The van der Waals surface area contributed by atoms with Crippen molar-refractivity contribution in [3.63, 3.8) is 0 Å². The van der Waals surface area contributed by atoms with E-state index in [1.165, 1.54) is 0 Å². The maximum Gasteiger partial charge on any atom is 0.154 e. The Hall–Kier alpha value is -1.55. The van der Waals surface area contributed by atoms with Crippen LogP contribution in [0.1, 0.15) is 35.3 Å². The summed E-state index contributed by atoms with van der Waals surface area (Å²) in [6, 6.07) is 1.65. The number of halogens is 1. The normalized spacial score (nSPS) is 14.9. The molecule has 0 saturated carbocycles. The predicted octanol–water partition coefficient (Wildman–Crippen LogP) is 2.01. The van der Waals surface area contributed by atoms with Crippen LogP contribution in [0.5, 0.6) is 0 Å². The number of hydrogen-bond acceptors (Lipinski definition) is 4. The first-order valence-electron chi connectivity index (χ1n) is 5.45. The first-order valence-corrected chi connectivity index (χ1v) is 5.45. The largest absolute Gasteiger partial charge is 0.398 e. The number of aromatic nitrogens is 1. The molecule has 0 aliphatic carbocycles. The smallest absolute Gasteiger partial charge is 0.154 e. The first kappa shape index (κ1) is 13.5. The van der Waals surface area contributed by atoms with E-state index in [9.17, 15) is 4.79 Å². The standard InChI is InChI=1S/C12H15N3O.ClH/c13-11-4-6-15-12(10(11)8-16)9-3-1-2-5-14-7-9;/h4,6-8,14H,1-3,5H2,(H2,13,15);1H. The van der Waals surface area contributed by atoms with Crippen molar-refractivity contribution in [1.82, 2.24) is 10.3 Å². The molecule has 2 heterocycles. The van der Waals surface area contributed by atoms with Gasteiger partial charge in [-0.25, -0.2) is 0 Å². The van der Waals surface area contributed by atoms with E-state index in [1.54, 1.807) is 12.3 Å². The van der Waals surface area contributed by atoms with Gasteiger partial charge in [-0.05, 0) is 30.9 Å². The Morgan fingerprint density at radius 3 is 3.00 bits per heavy atom. The van der Waals surface area contributed by atoms with Gasteiger partial charge in [0, 0.05) is 24.6 Å². The van der Waals surface area contributed by atoms with Crippen molar-refractivity contribution in [2.24, 2.45) is 0 Å². The lowest BCUT2D eigenvalue weighted by Gasteiger charge is -2.08. The van der Waals surface area contributed by atoms with Crippen molar-refractivity contribution in [1.29, 1.82) is 0 Å². The molecule has 0 saturated heterocycles. The van der Waals surface area contributed by atoms with Crippen molar-refractivity contribution in [2.75, 3.05) is 12.3 Å². The highest BCUT2D eigenvalue weighted by atomic mass is 35.5. The summed E-state index contributed by atoms with van der Waals surface area (Å²) in [6.45, 7) is 0.974. The highest BCUT2D eigenvalue weighted by Crippen LogP contribution is 2.25. The van der Waals surface area contributed by atoms with Crippen molar-refractivity contribution in [2.45, 2.75) is 19.3 Å². The predicted molar refractivity (Wildman–Crippen MR) is 71.1 cm³/mol. The molecule has 92 valence electrons. The Bertz CT molecular complexity index is 432. The van der Waals surface area contributed by atoms with Gasteiger partial charge in [0.2, 0.25) is 0 Å². The van der Waals surface area contributed by atoms with E-state index < -0.39 is 0 Å². The van der Waals surface area contributed by atoms with Gasteiger partial charge in [-0.15, -0.1) is 12.4 Å². The molecule has 0 aromatic carbocycles. The zero-order valence-electron chi connectivity index (χ0n) is 9.48. The molecule has 0 unspecified atom stereocenters. The quantitative estimate of drug-likeness (QED) is 0.792. The van der Waals surface area contributed by atoms with E-state index in [-0.39, 0.29) is 12.4 Å². The van der Waals surface area contributed by atoms with Crippen LogP contribution in [0.15, 0.2) is 18.5 Å². The molecular formula is C12H16ClN3O. The summed E-state index contributed by atoms with van der Waals surface area (Å²) in [5.41, 5.74) is 8.52. The number of anilines is 1. The Labute approximate surface area is 107 Å². The molecule has 5 heteroatoms. The van der Waals surface area contributed by atoms with Crippen molar-refractivity contribution < 1.29 is 4.79 Å². The Morgan fingerprint density at radius 1 is 1.41 bits per heavy atom. The summed E-state index contributed by atoms with van der Waals surface area (Å²) in [6.07, 6.45) is 7.55. The third-order valence-corrected chi connectivity index (χ3v) is 2.74. The average Bonchev–Trinajstić information content (AvgIpc) is 2.57. The Balaban J connectivity index is 0.00000144. The van der Waals surface area contributed by atoms with Crippen LogP contribution in [0.2, 0.25) is 0 Å². The second kappa shape index (κ2) is 6.25. The molecule has 17 heavy (non-hydrogen) atoms. The molecule has 0 spiro atoms. The summed E-state index contributed by atoms with van der Waals surface area (Å²) < 4.78 is 0. The second-order valence-electron chi connectivity index (χ2n) is 3.86. The van der Waals surface area contributed by atoms with Gasteiger partial charge in [-0.1, -0.05) is 0 Å². The number of rotatable bonds is 2. The summed E-state index contributed by atoms with van der Waals surface area (Å²) in [4.78, 5) is 15.3. The van der Waals surface area contributed by atoms with E-state index in [4.69, 9.17) is 5.73 Å². The number of carbonyl (C=O) groups is 1. The molecule has 1 aromatic heterocycles. The maximum atomic E-state index is 11.0. The number of allylic oxidation sites excluding steroid dienone is 1. The van der Waals surface area contributed by atoms with Crippen LogP contribution in [0.4, 0.5) is 5.69 Å². The van der Waals surface area contributed by atoms with Crippen molar-refractivity contribution in [3.05, 3.63) is 29.7 Å². The van der Waals surface area contributed by atoms with Gasteiger partial charge in [-0.2, -0.15) is 0 Å². The highest BCUT2D eigenvalue weighted by Gasteiger charge is 2.12. The molecule has 0 atom stereocenters. The highest BCUT2D eigenvalue weighted by molar-refractivity contribution is 5.90. The maximum absolute atomic E-state index is 11.0. The number of hydrogen-bond donors (Lipinski definition) is 2. The number of nitrogens with one attached hydrogen (secondary N) is 1. The fraction of sp³-hybridized carbons (Fsp3) is 0.333. The van der Waals surface area contributed by atoms with Crippen LogP contribution in [-0.2, 0) is 0 Å². The monoisotopic (exact) mass is 253 g/mol. The Morgan fingerprint density at radius 2 is 2.24 bits per heavy atom. The van der Waals surface area contributed by atoms with Gasteiger partial charge in [0.25, 0.3) is 0 Å². The summed E-state index contributed by atoms with van der Waals surface area (Å²) in [5, 5.41) is 3.21. The topological polar surface area (TPSA) is 68.0 Å². The third kappa shape index (κ3) is 2.97. The average molecular weight is 254 g/mol. The lowest BCUT2D eigenvalue weighted by Crippen LogP contribution is -2.06. The first-order chi connectivity index (χ1) is 7.83. The number of nitrogen functional groups attached to an aromatic ring is 1. The van der Waals surface area contributed by atoms with Crippen LogP contribution >= 0.6 is 12.4 Å². The fourth-order valence-corrected chi connectivity index (χ4v) is 1.86. The van der Waals surface area contributed by atoms with Crippen LogP contribution in [-0.4, -0.2) is 17.8 Å². The van der Waals surface area contributed by atoms with Gasteiger partial charge < -0.3 is 11.1 Å². The van der Waals surface area contributed by atoms with Crippen LogP contribution in [0.25, 0.3) is 5.57 Å². The molecule has 0 radical (unpaired) electrons. The van der Waals surface area contributed by atoms with E-state index in [0.29, 0.717) is 16.9 Å². The minimum Gasteiger partial charge on any atom is -0.398 e. The van der Waals surface area contributed by atoms with Crippen molar-refractivity contribution >= 4 is 30.0 Å². The van der Waals surface area contributed by atoms with Gasteiger partial charge in [0.05, 0.1) is 11.3 Å². The molecule has 0 fully saturated rings. The molecule has 4 nitrogen and oxygen atoms in total. The molecule has 0 bridgehead atoms. The minimum atomic E-state index is 0. The van der Waals surface area contributed by atoms with E-state index in [0.717, 1.165) is 37.7 Å². The zero-order chi connectivity index (χ0) is 11.4. The SMILES string of the molecule is Cl.Nc1ccnc(C2=CNCCCC2)c1C=O.